The summed E-state index contributed by atoms with van der Waals surface area (Å²) in [7, 11) is 0. The molecule has 1 atom stereocenters. The number of H-pyrrole nitrogens is 1. The second-order valence-corrected chi connectivity index (χ2v) is 8.98. The van der Waals surface area contributed by atoms with Crippen LogP contribution in [0.15, 0.2) is 77.6 Å². The van der Waals surface area contributed by atoms with Crippen LogP contribution in [0.1, 0.15) is 33.6 Å². The van der Waals surface area contributed by atoms with Crippen LogP contribution in [0.2, 0.25) is 0 Å². The molecule has 2 heterocycles. The van der Waals surface area contributed by atoms with Crippen LogP contribution in [0.25, 0.3) is 10.8 Å². The van der Waals surface area contributed by atoms with E-state index in [-0.39, 0.29) is 30.3 Å². The van der Waals surface area contributed by atoms with Crippen molar-refractivity contribution in [1.29, 1.82) is 0 Å². The van der Waals surface area contributed by atoms with E-state index in [1.165, 1.54) is 17.0 Å². The molecule has 5 rings (SSSR count). The molecule has 0 bridgehead atoms. The molecule has 9 heteroatoms. The van der Waals surface area contributed by atoms with Gasteiger partial charge in [-0.3, -0.25) is 9.59 Å². The molecule has 2 amide bonds. The molecule has 1 aliphatic rings. The van der Waals surface area contributed by atoms with Gasteiger partial charge in [0.05, 0.1) is 22.7 Å². The molecule has 1 saturated heterocycles. The Labute approximate surface area is 212 Å². The van der Waals surface area contributed by atoms with Crippen LogP contribution in [-0.4, -0.2) is 46.2 Å². The van der Waals surface area contributed by atoms with Gasteiger partial charge >= 0.3 is 6.09 Å². The van der Waals surface area contributed by atoms with E-state index < -0.39 is 17.8 Å². The maximum absolute atomic E-state index is 14.7. The highest BCUT2D eigenvalue weighted by Crippen LogP contribution is 2.21. The summed E-state index contributed by atoms with van der Waals surface area (Å²) >= 11 is 0. The molecular formula is C28H25FN4O4. The Morgan fingerprint density at radius 2 is 1.78 bits per heavy atom. The van der Waals surface area contributed by atoms with Crippen molar-refractivity contribution in [2.75, 3.05) is 13.1 Å². The summed E-state index contributed by atoms with van der Waals surface area (Å²) in [5.74, 6) is -1.06. The largest absolute Gasteiger partial charge is 0.445 e. The highest BCUT2D eigenvalue weighted by Gasteiger charge is 2.29. The van der Waals surface area contributed by atoms with Crippen molar-refractivity contribution in [2.45, 2.75) is 25.5 Å². The van der Waals surface area contributed by atoms with Crippen molar-refractivity contribution >= 4 is 22.8 Å². The number of halogens is 1. The summed E-state index contributed by atoms with van der Waals surface area (Å²) in [6, 6.07) is 20.6. The zero-order chi connectivity index (χ0) is 25.8. The fraction of sp³-hybridized carbons (Fsp3) is 0.214. The van der Waals surface area contributed by atoms with Gasteiger partial charge in [-0.05, 0) is 35.7 Å². The lowest BCUT2D eigenvalue weighted by Gasteiger charge is -2.18. The van der Waals surface area contributed by atoms with Gasteiger partial charge in [0.15, 0.2) is 0 Å². The molecule has 0 saturated carbocycles. The number of carbonyl (C=O) groups is 2. The number of likely N-dealkylation sites (tertiary alicyclic amines) is 1. The summed E-state index contributed by atoms with van der Waals surface area (Å²) in [6.07, 6.45) is 0.299. The number of aromatic amines is 1. The normalized spacial score (nSPS) is 15.1. The Kier molecular flexibility index (Phi) is 6.93. The van der Waals surface area contributed by atoms with Crippen molar-refractivity contribution < 1.29 is 18.7 Å². The van der Waals surface area contributed by atoms with Crippen molar-refractivity contribution in [3.8, 4) is 0 Å². The van der Waals surface area contributed by atoms with Gasteiger partial charge in [0, 0.05) is 24.9 Å². The van der Waals surface area contributed by atoms with E-state index >= 15 is 0 Å². The lowest BCUT2D eigenvalue weighted by atomic mass is 10.0. The average Bonchev–Trinajstić information content (AvgIpc) is 3.39. The minimum Gasteiger partial charge on any atom is -0.445 e. The third-order valence-corrected chi connectivity index (χ3v) is 6.42. The summed E-state index contributed by atoms with van der Waals surface area (Å²) in [5.41, 5.74) is 1.86. The molecule has 1 aromatic heterocycles. The van der Waals surface area contributed by atoms with Crippen LogP contribution in [0.5, 0.6) is 0 Å². The highest BCUT2D eigenvalue weighted by atomic mass is 19.1. The molecule has 3 aromatic carbocycles. The van der Waals surface area contributed by atoms with Gasteiger partial charge in [-0.1, -0.05) is 54.6 Å². The number of benzene rings is 3. The van der Waals surface area contributed by atoms with E-state index in [1.54, 1.807) is 18.2 Å². The van der Waals surface area contributed by atoms with Gasteiger partial charge in [0.25, 0.3) is 11.5 Å². The van der Waals surface area contributed by atoms with Crippen LogP contribution in [0.4, 0.5) is 9.18 Å². The number of amides is 2. The van der Waals surface area contributed by atoms with E-state index in [9.17, 15) is 18.8 Å². The standard InChI is InChI=1S/C28H25FN4O4/c29-24-11-10-19(15-25-21-8-4-5-9-22(21)26(34)32-31-25)14-23(24)27(35)33-13-12-20(16-33)30-28(36)37-17-18-6-2-1-3-7-18/h1-11,14,20H,12-13,15-17H2,(H,30,36)(H,32,34)/t20-/m1/s1. The number of alkyl carbamates (subject to hydrolysis) is 1. The molecule has 1 aliphatic heterocycles. The van der Waals surface area contributed by atoms with Crippen LogP contribution in [0, 0.1) is 5.82 Å². The monoisotopic (exact) mass is 500 g/mol. The van der Waals surface area contributed by atoms with Gasteiger partial charge in [0.1, 0.15) is 12.4 Å². The topological polar surface area (TPSA) is 104 Å². The molecular weight excluding hydrogens is 475 g/mol. The average molecular weight is 501 g/mol. The van der Waals surface area contributed by atoms with Crippen LogP contribution in [-0.2, 0) is 17.8 Å². The first-order valence-electron chi connectivity index (χ1n) is 12.0. The van der Waals surface area contributed by atoms with E-state index in [1.807, 2.05) is 42.5 Å². The molecule has 1 fully saturated rings. The smallest absolute Gasteiger partial charge is 0.407 e. The maximum Gasteiger partial charge on any atom is 0.407 e. The maximum atomic E-state index is 14.7. The van der Waals surface area contributed by atoms with Crippen LogP contribution in [0.3, 0.4) is 0 Å². The predicted octanol–water partition coefficient (Wildman–Crippen LogP) is 3.79. The summed E-state index contributed by atoms with van der Waals surface area (Å²) in [5, 5.41) is 10.7. The summed E-state index contributed by atoms with van der Waals surface area (Å²) in [4.78, 5) is 38.9. The number of hydrogen-bond donors (Lipinski definition) is 2. The fourth-order valence-corrected chi connectivity index (χ4v) is 4.51. The van der Waals surface area contributed by atoms with Gasteiger partial charge < -0.3 is 15.0 Å². The third kappa shape index (κ3) is 5.50. The van der Waals surface area contributed by atoms with E-state index in [0.29, 0.717) is 41.4 Å². The zero-order valence-electron chi connectivity index (χ0n) is 19.9. The van der Waals surface area contributed by atoms with Crippen LogP contribution >= 0.6 is 0 Å². The lowest BCUT2D eigenvalue weighted by molar-refractivity contribution is 0.0782. The number of nitrogens with one attached hydrogen (secondary N) is 2. The van der Waals surface area contributed by atoms with E-state index in [2.05, 4.69) is 15.5 Å². The van der Waals surface area contributed by atoms with Crippen molar-refractivity contribution in [3.63, 3.8) is 0 Å². The number of rotatable bonds is 6. The number of hydrogen-bond acceptors (Lipinski definition) is 5. The van der Waals surface area contributed by atoms with Crippen molar-refractivity contribution in [2.24, 2.45) is 0 Å². The molecule has 4 aromatic rings. The quantitative estimate of drug-likeness (QED) is 0.419. The summed E-state index contributed by atoms with van der Waals surface area (Å²) in [6.45, 7) is 0.798. The van der Waals surface area contributed by atoms with Crippen LogP contribution < -0.4 is 10.9 Å². The van der Waals surface area contributed by atoms with Gasteiger partial charge in [-0.2, -0.15) is 5.10 Å². The lowest BCUT2D eigenvalue weighted by Crippen LogP contribution is -2.38. The fourth-order valence-electron chi connectivity index (χ4n) is 4.51. The SMILES string of the molecule is O=C(N[C@@H]1CCN(C(=O)c2cc(Cc3n[nH]c(=O)c4ccccc34)ccc2F)C1)OCc1ccccc1. The molecule has 37 heavy (non-hydrogen) atoms. The predicted molar refractivity (Wildman–Crippen MR) is 136 cm³/mol. The number of aromatic nitrogens is 2. The van der Waals surface area contributed by atoms with Gasteiger partial charge in [0.2, 0.25) is 0 Å². The number of fused-ring (bicyclic) bond motifs is 1. The molecule has 8 nitrogen and oxygen atoms in total. The first-order valence-corrected chi connectivity index (χ1v) is 12.0. The second-order valence-electron chi connectivity index (χ2n) is 8.98. The molecule has 2 N–H and O–H groups in total. The van der Waals surface area contributed by atoms with Crippen molar-refractivity contribution in [1.82, 2.24) is 20.4 Å². The minimum absolute atomic E-state index is 0.0430. The first-order chi connectivity index (χ1) is 18.0. The van der Waals surface area contributed by atoms with Gasteiger partial charge in [-0.15, -0.1) is 0 Å². The molecule has 0 radical (unpaired) electrons. The number of nitrogens with zero attached hydrogens (tertiary/aromatic N) is 2. The number of ether oxygens (including phenoxy) is 1. The Balaban J connectivity index is 1.23. The summed E-state index contributed by atoms with van der Waals surface area (Å²) < 4.78 is 19.9. The molecule has 0 aliphatic carbocycles. The Morgan fingerprint density at radius 1 is 1.03 bits per heavy atom. The highest BCUT2D eigenvalue weighted by molar-refractivity contribution is 5.95. The van der Waals surface area contributed by atoms with E-state index in [4.69, 9.17) is 4.74 Å². The molecule has 0 unspecified atom stereocenters. The Hall–Kier alpha value is -4.53. The second kappa shape index (κ2) is 10.6. The van der Waals surface area contributed by atoms with Crippen molar-refractivity contribution in [3.05, 3.63) is 111 Å². The zero-order valence-corrected chi connectivity index (χ0v) is 19.9. The first kappa shape index (κ1) is 24.2. The molecule has 0 spiro atoms. The Morgan fingerprint density at radius 3 is 2.59 bits per heavy atom. The Bertz CT molecular complexity index is 1510. The minimum atomic E-state index is -0.619. The van der Waals surface area contributed by atoms with E-state index in [0.717, 1.165) is 5.56 Å². The third-order valence-electron chi connectivity index (χ3n) is 6.42. The number of carbonyl (C=O) groups excluding carboxylic acids is 2. The van der Waals surface area contributed by atoms with Gasteiger partial charge in [-0.25, -0.2) is 14.3 Å². The molecule has 188 valence electrons.